The van der Waals surface area contributed by atoms with Crippen molar-refractivity contribution in [1.82, 2.24) is 24.5 Å². The molecule has 0 unspecified atom stereocenters. The molecular formula is C25H25F6N5O. The predicted molar refractivity (Wildman–Crippen MR) is 125 cm³/mol. The second-order valence-electron chi connectivity index (χ2n) is 9.26. The molecule has 0 atom stereocenters. The van der Waals surface area contributed by atoms with Crippen LogP contribution in [0.15, 0.2) is 43.1 Å². The van der Waals surface area contributed by atoms with E-state index in [4.69, 9.17) is 4.74 Å². The van der Waals surface area contributed by atoms with Crippen molar-refractivity contribution in [1.29, 1.82) is 0 Å². The van der Waals surface area contributed by atoms with Crippen molar-refractivity contribution in [3.63, 3.8) is 0 Å². The van der Waals surface area contributed by atoms with Gasteiger partial charge in [-0.25, -0.2) is 4.98 Å². The SMILES string of the molecule is Cc1cc(OC2CCC(C(F)(F)F)CC2)cc(-c2cn(Cc3cnc[nH]3)c3ccnc(C(F)(F)F)c23)n1.[HH]. The molecule has 198 valence electrons. The average molecular weight is 525 g/mol. The van der Waals surface area contributed by atoms with Gasteiger partial charge in [0.15, 0.2) is 5.69 Å². The highest BCUT2D eigenvalue weighted by molar-refractivity contribution is 5.97. The molecule has 1 fully saturated rings. The van der Waals surface area contributed by atoms with E-state index in [0.29, 0.717) is 22.7 Å². The number of fused-ring (bicyclic) bond motifs is 1. The van der Waals surface area contributed by atoms with Gasteiger partial charge >= 0.3 is 12.4 Å². The minimum Gasteiger partial charge on any atom is -0.490 e. The van der Waals surface area contributed by atoms with Crippen LogP contribution in [0.2, 0.25) is 0 Å². The predicted octanol–water partition coefficient (Wildman–Crippen LogP) is 6.94. The summed E-state index contributed by atoms with van der Waals surface area (Å²) in [7, 11) is 0. The smallest absolute Gasteiger partial charge is 0.434 e. The lowest BCUT2D eigenvalue weighted by atomic mass is 9.87. The van der Waals surface area contributed by atoms with E-state index >= 15 is 0 Å². The Balaban J connectivity index is 0.00000336. The first-order valence-electron chi connectivity index (χ1n) is 11.7. The first kappa shape index (κ1) is 25.1. The van der Waals surface area contributed by atoms with Crippen LogP contribution in [0.1, 0.15) is 44.2 Å². The molecule has 1 aliphatic rings. The number of alkyl halides is 6. The molecular weight excluding hydrogens is 500 g/mol. The maximum atomic E-state index is 14.0. The lowest BCUT2D eigenvalue weighted by molar-refractivity contribution is -0.185. The summed E-state index contributed by atoms with van der Waals surface area (Å²) in [6.07, 6.45) is -3.12. The quantitative estimate of drug-likeness (QED) is 0.287. The summed E-state index contributed by atoms with van der Waals surface area (Å²) in [6, 6.07) is 4.67. The minimum absolute atomic E-state index is 0. The van der Waals surface area contributed by atoms with E-state index < -0.39 is 30.1 Å². The molecule has 0 saturated heterocycles. The van der Waals surface area contributed by atoms with Gasteiger partial charge in [-0.2, -0.15) is 26.3 Å². The van der Waals surface area contributed by atoms with Gasteiger partial charge in [0.25, 0.3) is 0 Å². The Morgan fingerprint density at radius 2 is 1.86 bits per heavy atom. The molecule has 1 N–H and O–H groups in total. The van der Waals surface area contributed by atoms with E-state index in [1.165, 1.54) is 18.5 Å². The molecule has 1 aliphatic carbocycles. The molecule has 0 bridgehead atoms. The van der Waals surface area contributed by atoms with Crippen LogP contribution in [0.25, 0.3) is 22.2 Å². The molecule has 5 rings (SSSR count). The van der Waals surface area contributed by atoms with Crippen LogP contribution >= 0.6 is 0 Å². The Labute approximate surface area is 209 Å². The van der Waals surface area contributed by atoms with Crippen LogP contribution in [-0.4, -0.2) is 36.8 Å². The standard InChI is InChI=1S/C25H23F6N5O.H2/c1-14-8-18(37-17-4-2-15(3-5-17)24(26,27)28)9-20(35-14)19-12-36(11-16-10-32-13-34-16)21-6-7-33-23(22(19)21)25(29,30)31;/h6-10,12-13,15,17H,2-5,11H2,1H3,(H,32,34);1H. The number of hydrogen-bond acceptors (Lipinski definition) is 4. The van der Waals surface area contributed by atoms with Gasteiger partial charge in [0.05, 0.1) is 41.8 Å². The molecule has 0 radical (unpaired) electrons. The number of nitrogens with zero attached hydrogens (tertiary/aromatic N) is 4. The summed E-state index contributed by atoms with van der Waals surface area (Å²) in [4.78, 5) is 15.0. The zero-order valence-corrected chi connectivity index (χ0v) is 19.7. The fourth-order valence-corrected chi connectivity index (χ4v) is 4.88. The molecule has 0 aromatic carbocycles. The van der Waals surface area contributed by atoms with Gasteiger partial charge in [0.2, 0.25) is 0 Å². The van der Waals surface area contributed by atoms with Gasteiger partial charge in [-0.05, 0) is 38.7 Å². The van der Waals surface area contributed by atoms with Gasteiger partial charge in [0, 0.05) is 48.8 Å². The molecule has 37 heavy (non-hydrogen) atoms. The Morgan fingerprint density at radius 1 is 1.11 bits per heavy atom. The van der Waals surface area contributed by atoms with Crippen LogP contribution < -0.4 is 4.74 Å². The first-order chi connectivity index (χ1) is 17.5. The van der Waals surface area contributed by atoms with Gasteiger partial charge in [0.1, 0.15) is 5.75 Å². The topological polar surface area (TPSA) is 68.6 Å². The van der Waals surface area contributed by atoms with Crippen molar-refractivity contribution in [3.8, 4) is 17.0 Å². The maximum absolute atomic E-state index is 14.0. The van der Waals surface area contributed by atoms with Gasteiger partial charge < -0.3 is 14.3 Å². The number of aromatic amines is 1. The summed E-state index contributed by atoms with van der Waals surface area (Å²) in [6.45, 7) is 1.93. The summed E-state index contributed by atoms with van der Waals surface area (Å²) in [5, 5.41) is -0.0933. The normalized spacial score (nSPS) is 18.9. The summed E-state index contributed by atoms with van der Waals surface area (Å²) < 4.78 is 88.6. The van der Waals surface area contributed by atoms with E-state index in [-0.39, 0.29) is 50.3 Å². The average Bonchev–Trinajstić information content (AvgIpc) is 3.46. The third-order valence-corrected chi connectivity index (χ3v) is 6.60. The fraction of sp³-hybridized carbons (Fsp3) is 0.400. The molecule has 1 saturated carbocycles. The van der Waals surface area contributed by atoms with E-state index in [9.17, 15) is 26.3 Å². The number of ether oxygens (including phenoxy) is 1. The van der Waals surface area contributed by atoms with E-state index in [2.05, 4.69) is 19.9 Å². The fourth-order valence-electron chi connectivity index (χ4n) is 4.88. The van der Waals surface area contributed by atoms with Crippen LogP contribution in [0.3, 0.4) is 0 Å². The number of aromatic nitrogens is 5. The van der Waals surface area contributed by atoms with Crippen LogP contribution in [0, 0.1) is 12.8 Å². The van der Waals surface area contributed by atoms with Crippen molar-refractivity contribution in [2.24, 2.45) is 5.92 Å². The number of nitrogens with one attached hydrogen (secondary N) is 1. The van der Waals surface area contributed by atoms with Gasteiger partial charge in [-0.15, -0.1) is 0 Å². The molecule has 12 heteroatoms. The lowest BCUT2D eigenvalue weighted by Gasteiger charge is -2.30. The summed E-state index contributed by atoms with van der Waals surface area (Å²) in [5.74, 6) is -0.985. The third kappa shape index (κ3) is 5.28. The van der Waals surface area contributed by atoms with Gasteiger partial charge in [-0.3, -0.25) is 9.97 Å². The van der Waals surface area contributed by atoms with Crippen LogP contribution in [0.4, 0.5) is 26.3 Å². The van der Waals surface area contributed by atoms with Crippen molar-refractivity contribution in [2.45, 2.75) is 57.6 Å². The maximum Gasteiger partial charge on any atom is 0.434 e. The Bertz CT molecular complexity index is 1390. The van der Waals surface area contributed by atoms with Crippen LogP contribution in [0.5, 0.6) is 5.75 Å². The van der Waals surface area contributed by atoms with Crippen LogP contribution in [-0.2, 0) is 12.7 Å². The number of halogens is 6. The number of pyridine rings is 2. The lowest BCUT2D eigenvalue weighted by Crippen LogP contribution is -2.31. The zero-order chi connectivity index (χ0) is 26.4. The number of H-pyrrole nitrogens is 1. The van der Waals surface area contributed by atoms with Crippen molar-refractivity contribution in [2.75, 3.05) is 0 Å². The molecule has 4 aromatic rings. The van der Waals surface area contributed by atoms with E-state index in [1.807, 2.05) is 0 Å². The Morgan fingerprint density at radius 3 is 2.51 bits per heavy atom. The summed E-state index contributed by atoms with van der Waals surface area (Å²) in [5.41, 5.74) is 0.978. The van der Waals surface area contributed by atoms with E-state index in [1.54, 1.807) is 30.0 Å². The second kappa shape index (κ2) is 9.38. The van der Waals surface area contributed by atoms with E-state index in [0.717, 1.165) is 6.20 Å². The monoisotopic (exact) mass is 525 g/mol. The van der Waals surface area contributed by atoms with Crippen molar-refractivity contribution >= 4 is 10.9 Å². The van der Waals surface area contributed by atoms with Crippen molar-refractivity contribution in [3.05, 3.63) is 60.2 Å². The highest BCUT2D eigenvalue weighted by Crippen LogP contribution is 2.41. The number of rotatable bonds is 5. The first-order valence-corrected chi connectivity index (χ1v) is 11.7. The number of hydrogen-bond donors (Lipinski definition) is 1. The van der Waals surface area contributed by atoms with Crippen molar-refractivity contribution < 1.29 is 32.5 Å². The molecule has 6 nitrogen and oxygen atoms in total. The molecule has 0 amide bonds. The Kier molecular flexibility index (Phi) is 6.36. The molecule has 0 spiro atoms. The number of imidazole rings is 1. The third-order valence-electron chi connectivity index (χ3n) is 6.60. The largest absolute Gasteiger partial charge is 0.490 e. The number of aryl methyl sites for hydroxylation is 1. The van der Waals surface area contributed by atoms with Gasteiger partial charge in [-0.1, -0.05) is 0 Å². The molecule has 4 aromatic heterocycles. The summed E-state index contributed by atoms with van der Waals surface area (Å²) >= 11 is 0. The molecule has 4 heterocycles. The molecule has 0 aliphatic heterocycles. The highest BCUT2D eigenvalue weighted by atomic mass is 19.4. The second-order valence-corrected chi connectivity index (χ2v) is 9.26. The minimum atomic E-state index is -4.70. The zero-order valence-electron chi connectivity index (χ0n) is 19.7. The Hall–Kier alpha value is -3.57. The highest BCUT2D eigenvalue weighted by Gasteiger charge is 2.42.